The maximum absolute atomic E-state index is 5.90. The van der Waals surface area contributed by atoms with E-state index in [2.05, 4.69) is 45.5 Å². The van der Waals surface area contributed by atoms with E-state index in [-0.39, 0.29) is 11.5 Å². The molecule has 1 aliphatic rings. The summed E-state index contributed by atoms with van der Waals surface area (Å²) >= 11 is 3.51. The van der Waals surface area contributed by atoms with Gasteiger partial charge in [0.15, 0.2) is 4.60 Å². The van der Waals surface area contributed by atoms with E-state index in [4.69, 9.17) is 5.84 Å². The average molecular weight is 330 g/mol. The lowest BCUT2D eigenvalue weighted by Gasteiger charge is -2.38. The molecule has 1 heterocycles. The van der Waals surface area contributed by atoms with Crippen molar-refractivity contribution >= 4 is 15.9 Å². The summed E-state index contributed by atoms with van der Waals surface area (Å²) in [7, 11) is 1.93. The summed E-state index contributed by atoms with van der Waals surface area (Å²) < 4.78 is 2.63. The Hall–Kier alpha value is -0.460. The molecule has 1 fully saturated rings. The fraction of sp³-hybridized carbons (Fsp3) is 0.846. The molecule has 1 unspecified atom stereocenters. The molecule has 0 spiro atoms. The van der Waals surface area contributed by atoms with E-state index in [9.17, 15) is 0 Å². The predicted octanol–water partition coefficient (Wildman–Crippen LogP) is 2.69. The number of rotatable bonds is 5. The molecule has 19 heavy (non-hydrogen) atoms. The van der Waals surface area contributed by atoms with Gasteiger partial charge in [0.2, 0.25) is 0 Å². The van der Waals surface area contributed by atoms with Crippen LogP contribution in [0.1, 0.15) is 57.7 Å². The molecule has 0 aromatic carbocycles. The summed E-state index contributed by atoms with van der Waals surface area (Å²) in [5.74, 6) is 6.56. The van der Waals surface area contributed by atoms with Crippen LogP contribution in [0.2, 0.25) is 0 Å². The van der Waals surface area contributed by atoms with Gasteiger partial charge in [0.1, 0.15) is 0 Å². The molecule has 6 heteroatoms. The molecular formula is C13H24BrN5. The van der Waals surface area contributed by atoms with Crippen molar-refractivity contribution in [2.24, 2.45) is 24.2 Å². The second kappa shape index (κ2) is 5.89. The lowest BCUT2D eigenvalue weighted by atomic mass is 9.72. The van der Waals surface area contributed by atoms with Gasteiger partial charge in [-0.15, -0.1) is 5.10 Å². The molecule has 0 amide bonds. The Bertz CT molecular complexity index is 403. The molecule has 2 rings (SSSR count). The summed E-state index contributed by atoms with van der Waals surface area (Å²) in [5, 5.41) is 8.19. The number of hydrogen-bond acceptors (Lipinski definition) is 4. The molecule has 1 aromatic heterocycles. The third kappa shape index (κ3) is 2.85. The van der Waals surface area contributed by atoms with Crippen LogP contribution in [-0.4, -0.2) is 15.0 Å². The number of nitrogens with one attached hydrogen (secondary N) is 1. The highest BCUT2D eigenvalue weighted by Gasteiger charge is 2.44. The van der Waals surface area contributed by atoms with Crippen LogP contribution in [0.5, 0.6) is 0 Å². The van der Waals surface area contributed by atoms with E-state index in [1.165, 1.54) is 32.1 Å². The second-order valence-corrected chi connectivity index (χ2v) is 6.91. The van der Waals surface area contributed by atoms with E-state index in [0.717, 1.165) is 10.3 Å². The predicted molar refractivity (Wildman–Crippen MR) is 79.1 cm³/mol. The van der Waals surface area contributed by atoms with Gasteiger partial charge in [-0.3, -0.25) is 11.3 Å². The SMILES string of the molecule is CC(C)CC1(C(NN)c2c(Br)nnn2C)CCCC1. The van der Waals surface area contributed by atoms with Gasteiger partial charge in [0.05, 0.1) is 11.7 Å². The average Bonchev–Trinajstić information content (AvgIpc) is 2.91. The number of hydrogen-bond donors (Lipinski definition) is 2. The van der Waals surface area contributed by atoms with Gasteiger partial charge in [-0.05, 0) is 46.5 Å². The standard InChI is InChI=1S/C13H24BrN5/c1-9(2)8-13(6-4-5-7-13)11(16-15)10-12(14)17-18-19(10)3/h9,11,16H,4-8,15H2,1-3H3. The van der Waals surface area contributed by atoms with Crippen LogP contribution >= 0.6 is 15.9 Å². The summed E-state index contributed by atoms with van der Waals surface area (Å²) in [6, 6.07) is 0.103. The Morgan fingerprint density at radius 1 is 1.42 bits per heavy atom. The van der Waals surface area contributed by atoms with Gasteiger partial charge in [-0.1, -0.05) is 31.9 Å². The molecule has 1 aliphatic carbocycles. The van der Waals surface area contributed by atoms with Crippen molar-refractivity contribution in [3.05, 3.63) is 10.3 Å². The van der Waals surface area contributed by atoms with Gasteiger partial charge in [-0.2, -0.15) is 0 Å². The zero-order chi connectivity index (χ0) is 14.0. The lowest BCUT2D eigenvalue weighted by molar-refractivity contribution is 0.149. The van der Waals surface area contributed by atoms with E-state index in [1.54, 1.807) is 0 Å². The van der Waals surface area contributed by atoms with Crippen LogP contribution in [0.25, 0.3) is 0 Å². The van der Waals surface area contributed by atoms with Crippen molar-refractivity contribution in [2.45, 2.75) is 52.0 Å². The van der Waals surface area contributed by atoms with E-state index in [1.807, 2.05) is 11.7 Å². The van der Waals surface area contributed by atoms with Crippen LogP contribution in [0.15, 0.2) is 4.60 Å². The molecule has 0 aliphatic heterocycles. The number of halogens is 1. The topological polar surface area (TPSA) is 68.8 Å². The molecule has 108 valence electrons. The molecule has 0 bridgehead atoms. The largest absolute Gasteiger partial charge is 0.271 e. The van der Waals surface area contributed by atoms with Gasteiger partial charge in [0.25, 0.3) is 0 Å². The molecule has 3 N–H and O–H groups in total. The first-order valence-electron chi connectivity index (χ1n) is 7.01. The number of nitrogens with zero attached hydrogens (tertiary/aromatic N) is 3. The fourth-order valence-corrected chi connectivity index (χ4v) is 4.25. The van der Waals surface area contributed by atoms with Crippen molar-refractivity contribution < 1.29 is 0 Å². The Kier molecular flexibility index (Phi) is 4.63. The fourth-order valence-electron chi connectivity index (χ4n) is 3.69. The minimum absolute atomic E-state index is 0.103. The highest BCUT2D eigenvalue weighted by molar-refractivity contribution is 9.10. The second-order valence-electron chi connectivity index (χ2n) is 6.16. The maximum Gasteiger partial charge on any atom is 0.153 e. The molecule has 0 saturated heterocycles. The minimum atomic E-state index is 0.103. The first kappa shape index (κ1) is 14.9. The Morgan fingerprint density at radius 3 is 2.47 bits per heavy atom. The lowest BCUT2D eigenvalue weighted by Crippen LogP contribution is -2.42. The normalized spacial score (nSPS) is 20.1. The minimum Gasteiger partial charge on any atom is -0.271 e. The first-order valence-corrected chi connectivity index (χ1v) is 7.80. The van der Waals surface area contributed by atoms with Crippen molar-refractivity contribution in [2.75, 3.05) is 0 Å². The smallest absolute Gasteiger partial charge is 0.153 e. The van der Waals surface area contributed by atoms with E-state index < -0.39 is 0 Å². The molecule has 1 saturated carbocycles. The number of nitrogens with two attached hydrogens (primary N) is 1. The Balaban J connectivity index is 2.38. The third-order valence-electron chi connectivity index (χ3n) is 4.29. The van der Waals surface area contributed by atoms with Crippen LogP contribution in [0.3, 0.4) is 0 Å². The van der Waals surface area contributed by atoms with Crippen molar-refractivity contribution in [3.63, 3.8) is 0 Å². The van der Waals surface area contributed by atoms with Gasteiger partial charge in [-0.25, -0.2) is 4.68 Å². The molecule has 0 radical (unpaired) electrons. The number of hydrazine groups is 1. The summed E-state index contributed by atoms with van der Waals surface area (Å²) in [6.45, 7) is 4.56. The zero-order valence-electron chi connectivity index (χ0n) is 12.0. The summed E-state index contributed by atoms with van der Waals surface area (Å²) in [5.41, 5.74) is 4.33. The Morgan fingerprint density at radius 2 is 2.05 bits per heavy atom. The number of aryl methyl sites for hydroxylation is 1. The van der Waals surface area contributed by atoms with Crippen LogP contribution in [-0.2, 0) is 7.05 Å². The van der Waals surface area contributed by atoms with E-state index in [0.29, 0.717) is 5.92 Å². The monoisotopic (exact) mass is 329 g/mol. The van der Waals surface area contributed by atoms with Crippen LogP contribution < -0.4 is 11.3 Å². The van der Waals surface area contributed by atoms with Crippen molar-refractivity contribution in [1.82, 2.24) is 20.4 Å². The Labute approximate surface area is 123 Å². The van der Waals surface area contributed by atoms with Crippen molar-refractivity contribution in [3.8, 4) is 0 Å². The van der Waals surface area contributed by atoms with Gasteiger partial charge < -0.3 is 0 Å². The third-order valence-corrected chi connectivity index (χ3v) is 4.86. The van der Waals surface area contributed by atoms with Crippen LogP contribution in [0, 0.1) is 11.3 Å². The quantitative estimate of drug-likeness (QED) is 0.643. The molecule has 1 atom stereocenters. The molecule has 1 aromatic rings. The molecule has 5 nitrogen and oxygen atoms in total. The van der Waals surface area contributed by atoms with Crippen molar-refractivity contribution in [1.29, 1.82) is 0 Å². The first-order chi connectivity index (χ1) is 9.00. The van der Waals surface area contributed by atoms with Crippen LogP contribution in [0.4, 0.5) is 0 Å². The summed E-state index contributed by atoms with van der Waals surface area (Å²) in [6.07, 6.45) is 6.19. The highest BCUT2D eigenvalue weighted by atomic mass is 79.9. The number of aromatic nitrogens is 3. The highest BCUT2D eigenvalue weighted by Crippen LogP contribution is 2.52. The molecular weight excluding hydrogens is 306 g/mol. The van der Waals surface area contributed by atoms with Gasteiger partial charge >= 0.3 is 0 Å². The summed E-state index contributed by atoms with van der Waals surface area (Å²) in [4.78, 5) is 0. The zero-order valence-corrected chi connectivity index (χ0v) is 13.6. The maximum atomic E-state index is 5.90. The van der Waals surface area contributed by atoms with Gasteiger partial charge in [0, 0.05) is 7.05 Å². The van der Waals surface area contributed by atoms with E-state index >= 15 is 0 Å².